The number of ether oxygens (including phenoxy) is 1. The zero-order chi connectivity index (χ0) is 15.4. The van der Waals surface area contributed by atoms with Gasteiger partial charge in [-0.25, -0.2) is 10.8 Å². The largest absolute Gasteiger partial charge is 0.486 e. The molecular weight excluding hydrogens is 364 g/mol. The third kappa shape index (κ3) is 3.81. The number of hydrogen-bond donors (Lipinski definition) is 2. The van der Waals surface area contributed by atoms with Crippen LogP contribution in [0.2, 0.25) is 5.02 Å². The second-order valence-corrected chi connectivity index (χ2v) is 5.19. The number of nitro groups is 1. The molecule has 110 valence electrons. The van der Waals surface area contributed by atoms with Crippen molar-refractivity contribution in [1.29, 1.82) is 0 Å². The molecule has 0 aliphatic rings. The average Bonchev–Trinajstić information content (AvgIpc) is 2.47. The smallest absolute Gasteiger partial charge is 0.273 e. The molecule has 1 aromatic carbocycles. The van der Waals surface area contributed by atoms with Crippen molar-refractivity contribution in [2.75, 3.05) is 5.43 Å². The maximum Gasteiger partial charge on any atom is 0.273 e. The third-order valence-electron chi connectivity index (χ3n) is 2.56. The Morgan fingerprint density at radius 2 is 2.19 bits per heavy atom. The first-order valence-electron chi connectivity index (χ1n) is 5.70. The summed E-state index contributed by atoms with van der Waals surface area (Å²) >= 11 is 9.28. The predicted octanol–water partition coefficient (Wildman–Crippen LogP) is 3.27. The van der Waals surface area contributed by atoms with Crippen molar-refractivity contribution in [3.05, 3.63) is 55.6 Å². The standard InChI is InChI=1S/C12H10BrClN4O3/c13-8-2-1-7(18(19)20)5-11(8)21-6-10-9(14)3-4-12(16-10)17-15/h1-5H,6,15H2,(H,16,17). The van der Waals surface area contributed by atoms with Crippen LogP contribution in [0.3, 0.4) is 0 Å². The van der Waals surface area contributed by atoms with Crippen LogP contribution in [-0.4, -0.2) is 9.91 Å². The lowest BCUT2D eigenvalue weighted by molar-refractivity contribution is -0.385. The second kappa shape index (κ2) is 6.70. The first kappa shape index (κ1) is 15.5. The summed E-state index contributed by atoms with van der Waals surface area (Å²) in [4.78, 5) is 14.4. The van der Waals surface area contributed by atoms with Crippen molar-refractivity contribution in [2.24, 2.45) is 5.84 Å². The highest BCUT2D eigenvalue weighted by Crippen LogP contribution is 2.30. The molecule has 2 aromatic rings. The number of aromatic nitrogens is 1. The van der Waals surface area contributed by atoms with Crippen LogP contribution in [-0.2, 0) is 6.61 Å². The van der Waals surface area contributed by atoms with Gasteiger partial charge in [0.25, 0.3) is 5.69 Å². The van der Waals surface area contributed by atoms with Crippen LogP contribution in [0, 0.1) is 10.1 Å². The Morgan fingerprint density at radius 1 is 1.43 bits per heavy atom. The second-order valence-electron chi connectivity index (χ2n) is 3.93. The van der Waals surface area contributed by atoms with E-state index in [0.717, 1.165) is 0 Å². The van der Waals surface area contributed by atoms with Crippen LogP contribution in [0.25, 0.3) is 0 Å². The fraction of sp³-hybridized carbons (Fsp3) is 0.0833. The molecule has 0 saturated heterocycles. The van der Waals surface area contributed by atoms with Crippen molar-refractivity contribution < 1.29 is 9.66 Å². The van der Waals surface area contributed by atoms with E-state index in [0.29, 0.717) is 26.8 Å². The number of nitro benzene ring substituents is 1. The number of anilines is 1. The van der Waals surface area contributed by atoms with Crippen molar-refractivity contribution in [1.82, 2.24) is 4.98 Å². The number of nitrogens with one attached hydrogen (secondary N) is 1. The van der Waals surface area contributed by atoms with Crippen molar-refractivity contribution >= 4 is 39.0 Å². The molecule has 2 rings (SSSR count). The van der Waals surface area contributed by atoms with Crippen LogP contribution < -0.4 is 16.0 Å². The lowest BCUT2D eigenvalue weighted by Crippen LogP contribution is -2.10. The molecule has 0 amide bonds. The number of nitrogens with two attached hydrogens (primary N) is 1. The van der Waals surface area contributed by atoms with E-state index in [4.69, 9.17) is 22.2 Å². The van der Waals surface area contributed by atoms with Crippen molar-refractivity contribution in [3.63, 3.8) is 0 Å². The number of hydrazine groups is 1. The highest BCUT2D eigenvalue weighted by Gasteiger charge is 2.12. The number of rotatable bonds is 5. The minimum Gasteiger partial charge on any atom is -0.486 e. The van der Waals surface area contributed by atoms with Gasteiger partial charge in [-0.3, -0.25) is 10.1 Å². The summed E-state index contributed by atoms with van der Waals surface area (Å²) in [7, 11) is 0. The maximum atomic E-state index is 10.8. The first-order chi connectivity index (χ1) is 10.0. The zero-order valence-electron chi connectivity index (χ0n) is 10.5. The molecule has 0 atom stereocenters. The molecule has 3 N–H and O–H groups in total. The Balaban J connectivity index is 2.20. The van der Waals surface area contributed by atoms with E-state index >= 15 is 0 Å². The van der Waals surface area contributed by atoms with Gasteiger partial charge in [0.05, 0.1) is 26.2 Å². The normalized spacial score (nSPS) is 10.2. The first-order valence-corrected chi connectivity index (χ1v) is 6.87. The van der Waals surface area contributed by atoms with Crippen LogP contribution in [0.15, 0.2) is 34.8 Å². The molecule has 0 bridgehead atoms. The monoisotopic (exact) mass is 372 g/mol. The van der Waals surface area contributed by atoms with Crippen LogP contribution >= 0.6 is 27.5 Å². The van der Waals surface area contributed by atoms with Crippen molar-refractivity contribution in [2.45, 2.75) is 6.61 Å². The topological polar surface area (TPSA) is 103 Å². The minimum atomic E-state index is -0.497. The SMILES string of the molecule is NNc1ccc(Cl)c(COc2cc([N+](=O)[O-])ccc2Br)n1. The van der Waals surface area contributed by atoms with Gasteiger partial charge in [0.2, 0.25) is 0 Å². The maximum absolute atomic E-state index is 10.8. The molecule has 21 heavy (non-hydrogen) atoms. The third-order valence-corrected chi connectivity index (χ3v) is 3.56. The lowest BCUT2D eigenvalue weighted by atomic mass is 10.3. The summed E-state index contributed by atoms with van der Waals surface area (Å²) in [5.74, 6) is 6.04. The van der Waals surface area contributed by atoms with E-state index in [2.05, 4.69) is 26.3 Å². The molecule has 0 unspecified atom stereocenters. The number of halogens is 2. The predicted molar refractivity (Wildman–Crippen MR) is 82.2 cm³/mol. The minimum absolute atomic E-state index is 0.0497. The Hall–Kier alpha value is -1.90. The molecule has 0 aliphatic carbocycles. The molecule has 9 heteroatoms. The van der Waals surface area contributed by atoms with E-state index in [-0.39, 0.29) is 12.3 Å². The molecule has 0 saturated carbocycles. The highest BCUT2D eigenvalue weighted by atomic mass is 79.9. The van der Waals surface area contributed by atoms with Gasteiger partial charge in [-0.15, -0.1) is 0 Å². The fourth-order valence-electron chi connectivity index (χ4n) is 1.53. The lowest BCUT2D eigenvalue weighted by Gasteiger charge is -2.10. The van der Waals surface area contributed by atoms with Crippen LogP contribution in [0.5, 0.6) is 5.75 Å². The van der Waals surface area contributed by atoms with Gasteiger partial charge in [0, 0.05) is 6.07 Å². The van der Waals surface area contributed by atoms with Gasteiger partial charge >= 0.3 is 0 Å². The molecule has 1 aromatic heterocycles. The summed E-state index contributed by atoms with van der Waals surface area (Å²) in [6, 6.07) is 7.49. The number of nitrogens with zero attached hydrogens (tertiary/aromatic N) is 2. The fourth-order valence-corrected chi connectivity index (χ4v) is 2.05. The number of hydrogen-bond acceptors (Lipinski definition) is 6. The van der Waals surface area contributed by atoms with Crippen LogP contribution in [0.4, 0.5) is 11.5 Å². The zero-order valence-corrected chi connectivity index (χ0v) is 12.9. The molecule has 0 aliphatic heterocycles. The quantitative estimate of drug-likeness (QED) is 0.473. The van der Waals surface area contributed by atoms with E-state index in [1.165, 1.54) is 12.1 Å². The number of non-ortho nitro benzene ring substituents is 1. The van der Waals surface area contributed by atoms with E-state index in [9.17, 15) is 10.1 Å². The average molecular weight is 374 g/mol. The molecular formula is C12H10BrClN4O3. The van der Waals surface area contributed by atoms with E-state index in [1.807, 2.05) is 0 Å². The molecule has 0 fully saturated rings. The summed E-state index contributed by atoms with van der Waals surface area (Å²) in [6.07, 6.45) is 0. The van der Waals surface area contributed by atoms with E-state index < -0.39 is 4.92 Å². The van der Waals surface area contributed by atoms with E-state index in [1.54, 1.807) is 18.2 Å². The van der Waals surface area contributed by atoms with Gasteiger partial charge in [0.15, 0.2) is 0 Å². The molecule has 1 heterocycles. The number of nitrogen functional groups attached to an aromatic ring is 1. The summed E-state index contributed by atoms with van der Waals surface area (Å²) in [5.41, 5.74) is 2.80. The summed E-state index contributed by atoms with van der Waals surface area (Å²) in [5, 5.41) is 11.2. The van der Waals surface area contributed by atoms with Gasteiger partial charge < -0.3 is 10.2 Å². The van der Waals surface area contributed by atoms with Crippen LogP contribution in [0.1, 0.15) is 5.69 Å². The highest BCUT2D eigenvalue weighted by molar-refractivity contribution is 9.10. The number of pyridine rings is 1. The summed E-state index contributed by atoms with van der Waals surface area (Å²) < 4.78 is 6.12. The Morgan fingerprint density at radius 3 is 2.86 bits per heavy atom. The van der Waals surface area contributed by atoms with Gasteiger partial charge in [-0.1, -0.05) is 11.6 Å². The van der Waals surface area contributed by atoms with Gasteiger partial charge in [-0.2, -0.15) is 0 Å². The Labute approximate surface area is 133 Å². The van der Waals surface area contributed by atoms with Crippen molar-refractivity contribution in [3.8, 4) is 5.75 Å². The molecule has 0 spiro atoms. The van der Waals surface area contributed by atoms with Gasteiger partial charge in [0.1, 0.15) is 18.2 Å². The summed E-state index contributed by atoms with van der Waals surface area (Å²) in [6.45, 7) is 0.0497. The molecule has 7 nitrogen and oxygen atoms in total. The number of benzene rings is 1. The molecule has 0 radical (unpaired) electrons. The Kier molecular flexibility index (Phi) is 4.94. The van der Waals surface area contributed by atoms with Gasteiger partial charge in [-0.05, 0) is 34.1 Å². The Bertz CT molecular complexity index is 684.